The lowest BCUT2D eigenvalue weighted by molar-refractivity contribution is 0.589. The van der Waals surface area contributed by atoms with Gasteiger partial charge >= 0.3 is 0 Å². The van der Waals surface area contributed by atoms with E-state index in [9.17, 15) is 17.2 Å². The molecular formula is C18H17ClF2N6O2S. The summed E-state index contributed by atoms with van der Waals surface area (Å²) in [6, 6.07) is 5.59. The Morgan fingerprint density at radius 2 is 1.90 bits per heavy atom. The van der Waals surface area contributed by atoms with Gasteiger partial charge in [0, 0.05) is 24.7 Å². The quantitative estimate of drug-likeness (QED) is 0.505. The van der Waals surface area contributed by atoms with Crippen LogP contribution in [0.2, 0.25) is 5.02 Å². The lowest BCUT2D eigenvalue weighted by Crippen LogP contribution is -2.27. The highest BCUT2D eigenvalue weighted by Gasteiger charge is 2.17. The molecule has 12 heteroatoms. The molecule has 0 unspecified atom stereocenters. The van der Waals surface area contributed by atoms with E-state index in [0.717, 1.165) is 6.07 Å². The number of hydrogen-bond acceptors (Lipinski definition) is 6. The molecule has 1 aromatic carbocycles. The van der Waals surface area contributed by atoms with Crippen molar-refractivity contribution < 1.29 is 17.2 Å². The highest BCUT2D eigenvalue weighted by atomic mass is 35.5. The summed E-state index contributed by atoms with van der Waals surface area (Å²) in [5.41, 5.74) is 1.58. The van der Waals surface area contributed by atoms with Crippen molar-refractivity contribution in [2.45, 2.75) is 13.3 Å². The van der Waals surface area contributed by atoms with Crippen molar-refractivity contribution in [3.05, 3.63) is 70.0 Å². The summed E-state index contributed by atoms with van der Waals surface area (Å²) in [6.45, 7) is 1.73. The minimum absolute atomic E-state index is 0.0851. The summed E-state index contributed by atoms with van der Waals surface area (Å²) in [5, 5.41) is 11.0. The fourth-order valence-electron chi connectivity index (χ4n) is 2.57. The van der Waals surface area contributed by atoms with Crippen LogP contribution in [0.3, 0.4) is 0 Å². The molecule has 0 saturated carbocycles. The van der Waals surface area contributed by atoms with Gasteiger partial charge in [0.25, 0.3) is 10.2 Å². The third-order valence-electron chi connectivity index (χ3n) is 4.24. The Balaban J connectivity index is 1.89. The van der Waals surface area contributed by atoms with E-state index in [4.69, 9.17) is 11.6 Å². The van der Waals surface area contributed by atoms with Gasteiger partial charge in [-0.15, -0.1) is 5.10 Å². The first kappa shape index (κ1) is 21.8. The van der Waals surface area contributed by atoms with Gasteiger partial charge in [-0.05, 0) is 47.9 Å². The van der Waals surface area contributed by atoms with Gasteiger partial charge < -0.3 is 5.32 Å². The van der Waals surface area contributed by atoms with Crippen LogP contribution in [0.4, 0.5) is 26.1 Å². The fraction of sp³-hybridized carbons (Fsp3) is 0.167. The summed E-state index contributed by atoms with van der Waals surface area (Å²) in [4.78, 5) is 3.73. The van der Waals surface area contributed by atoms with Gasteiger partial charge in [-0.3, -0.25) is 4.72 Å². The molecule has 0 saturated heterocycles. The largest absolute Gasteiger partial charge is 0.336 e. The Hall–Kier alpha value is -2.89. The molecule has 0 aliphatic rings. The number of nitrogens with one attached hydrogen (secondary N) is 3. The molecule has 0 atom stereocenters. The molecule has 3 N–H and O–H groups in total. The fourth-order valence-corrected chi connectivity index (χ4v) is 3.23. The van der Waals surface area contributed by atoms with Crippen LogP contribution >= 0.6 is 11.6 Å². The van der Waals surface area contributed by atoms with Gasteiger partial charge in [-0.1, -0.05) is 11.6 Å². The van der Waals surface area contributed by atoms with Gasteiger partial charge in [-0.25, -0.2) is 18.5 Å². The van der Waals surface area contributed by atoms with E-state index in [1.807, 2.05) is 9.44 Å². The molecule has 3 aromatic rings. The average molecular weight is 455 g/mol. The van der Waals surface area contributed by atoms with Crippen molar-refractivity contribution in [2.75, 3.05) is 17.1 Å². The second kappa shape index (κ2) is 8.86. The molecule has 0 aliphatic carbocycles. The summed E-state index contributed by atoms with van der Waals surface area (Å²) in [5.74, 6) is -1.51. The average Bonchev–Trinajstić information content (AvgIpc) is 2.69. The van der Waals surface area contributed by atoms with E-state index in [0.29, 0.717) is 16.9 Å². The van der Waals surface area contributed by atoms with Gasteiger partial charge in [0.15, 0.2) is 17.5 Å². The smallest absolute Gasteiger partial charge is 0.300 e. The van der Waals surface area contributed by atoms with E-state index in [1.54, 1.807) is 6.92 Å². The van der Waals surface area contributed by atoms with Crippen LogP contribution < -0.4 is 14.8 Å². The first-order valence-electron chi connectivity index (χ1n) is 8.58. The first-order chi connectivity index (χ1) is 14.2. The Kier molecular flexibility index (Phi) is 6.44. The number of aromatic nitrogens is 3. The molecule has 0 spiro atoms. The topological polar surface area (TPSA) is 109 Å². The standard InChI is InChI=1S/C18H17ClF2N6O2S/c1-10-12(7-11-5-6-23-18(16(11)21)27-30(28,29)22-2)9-24-26-17(10)25-15-4-3-13(19)8-14(15)20/h3-6,8-9,22H,7H2,1-2H3,(H,23,27)(H,25,26). The van der Waals surface area contributed by atoms with Crippen molar-refractivity contribution in [3.8, 4) is 0 Å². The number of pyridine rings is 1. The van der Waals surface area contributed by atoms with Crippen LogP contribution in [-0.2, 0) is 16.6 Å². The number of benzene rings is 1. The monoisotopic (exact) mass is 454 g/mol. The molecule has 30 heavy (non-hydrogen) atoms. The summed E-state index contributed by atoms with van der Waals surface area (Å²) < 4.78 is 56.1. The number of rotatable bonds is 7. The van der Waals surface area contributed by atoms with Crippen molar-refractivity contribution in [1.82, 2.24) is 19.9 Å². The Bertz CT molecular complexity index is 1190. The van der Waals surface area contributed by atoms with Crippen LogP contribution in [0.15, 0.2) is 36.7 Å². The van der Waals surface area contributed by atoms with Crippen molar-refractivity contribution in [2.24, 2.45) is 0 Å². The first-order valence-corrected chi connectivity index (χ1v) is 10.4. The molecule has 0 fully saturated rings. The predicted octanol–water partition coefficient (Wildman–Crippen LogP) is 3.32. The minimum atomic E-state index is -3.92. The van der Waals surface area contributed by atoms with Crippen molar-refractivity contribution in [3.63, 3.8) is 0 Å². The third-order valence-corrected chi connectivity index (χ3v) is 5.48. The number of nitrogens with zero attached hydrogens (tertiary/aromatic N) is 3. The van der Waals surface area contributed by atoms with Crippen LogP contribution in [0.5, 0.6) is 0 Å². The molecule has 158 valence electrons. The van der Waals surface area contributed by atoms with Crippen LogP contribution in [0.25, 0.3) is 0 Å². The van der Waals surface area contributed by atoms with Crippen molar-refractivity contribution in [1.29, 1.82) is 0 Å². The molecule has 0 aliphatic heterocycles. The molecule has 0 amide bonds. The van der Waals surface area contributed by atoms with Gasteiger partial charge in [0.1, 0.15) is 5.82 Å². The zero-order chi connectivity index (χ0) is 21.9. The van der Waals surface area contributed by atoms with E-state index < -0.39 is 27.7 Å². The SMILES string of the molecule is CNS(=O)(=O)Nc1nccc(Cc2cnnc(Nc3ccc(Cl)cc3F)c2C)c1F. The predicted molar refractivity (Wildman–Crippen MR) is 110 cm³/mol. The second-order valence-corrected chi connectivity index (χ2v) is 8.27. The number of anilines is 3. The summed E-state index contributed by atoms with van der Waals surface area (Å²) in [7, 11) is -2.73. The van der Waals surface area contributed by atoms with Crippen LogP contribution in [0, 0.1) is 18.6 Å². The molecule has 8 nitrogen and oxygen atoms in total. The van der Waals surface area contributed by atoms with Crippen molar-refractivity contribution >= 4 is 39.1 Å². The highest BCUT2D eigenvalue weighted by Crippen LogP contribution is 2.26. The molecule has 0 bridgehead atoms. The third kappa shape index (κ3) is 4.99. The molecule has 2 heterocycles. The number of hydrogen-bond donors (Lipinski definition) is 3. The van der Waals surface area contributed by atoms with Gasteiger partial charge in [-0.2, -0.15) is 13.5 Å². The van der Waals surface area contributed by atoms with E-state index in [2.05, 4.69) is 20.5 Å². The summed E-state index contributed by atoms with van der Waals surface area (Å²) in [6.07, 6.45) is 2.83. The maximum absolute atomic E-state index is 14.8. The lowest BCUT2D eigenvalue weighted by atomic mass is 10.0. The molecule has 2 aromatic heterocycles. The van der Waals surface area contributed by atoms with Gasteiger partial charge in [0.2, 0.25) is 0 Å². The molecule has 3 rings (SSSR count). The minimum Gasteiger partial charge on any atom is -0.336 e. The van der Waals surface area contributed by atoms with Crippen LogP contribution in [0.1, 0.15) is 16.7 Å². The maximum Gasteiger partial charge on any atom is 0.300 e. The molecule has 0 radical (unpaired) electrons. The Morgan fingerprint density at radius 3 is 2.60 bits per heavy atom. The highest BCUT2D eigenvalue weighted by molar-refractivity contribution is 7.90. The van der Waals surface area contributed by atoms with E-state index in [1.165, 1.54) is 37.6 Å². The zero-order valence-electron chi connectivity index (χ0n) is 15.9. The van der Waals surface area contributed by atoms with E-state index in [-0.39, 0.29) is 22.7 Å². The lowest BCUT2D eigenvalue weighted by Gasteiger charge is -2.13. The summed E-state index contributed by atoms with van der Waals surface area (Å²) >= 11 is 5.76. The van der Waals surface area contributed by atoms with Crippen LogP contribution in [-0.4, -0.2) is 30.6 Å². The Labute approximate surface area is 176 Å². The van der Waals surface area contributed by atoms with Gasteiger partial charge in [0.05, 0.1) is 11.9 Å². The second-order valence-electron chi connectivity index (χ2n) is 6.21. The number of halogens is 3. The van der Waals surface area contributed by atoms with E-state index >= 15 is 0 Å². The molecular weight excluding hydrogens is 438 g/mol. The zero-order valence-corrected chi connectivity index (χ0v) is 17.4. The maximum atomic E-state index is 14.8. The normalized spacial score (nSPS) is 11.4. The Morgan fingerprint density at radius 1 is 1.13 bits per heavy atom.